The fourth-order valence-electron chi connectivity index (χ4n) is 1.94. The maximum absolute atomic E-state index is 12.0. The number of ether oxygens (including phenoxy) is 1. The summed E-state index contributed by atoms with van der Waals surface area (Å²) in [7, 11) is 0. The molecule has 0 unspecified atom stereocenters. The highest BCUT2D eigenvalue weighted by atomic mass is 32.1. The van der Waals surface area contributed by atoms with Gasteiger partial charge in [0, 0.05) is 10.3 Å². The number of esters is 1. The van der Waals surface area contributed by atoms with Crippen molar-refractivity contribution in [3.63, 3.8) is 0 Å². The highest BCUT2D eigenvalue weighted by molar-refractivity contribution is 7.13. The zero-order chi connectivity index (χ0) is 14.8. The maximum atomic E-state index is 12.0. The first-order valence-electron chi connectivity index (χ1n) is 6.39. The first-order valence-corrected chi connectivity index (χ1v) is 7.20. The summed E-state index contributed by atoms with van der Waals surface area (Å²) in [6.45, 7) is 1.58. The van der Waals surface area contributed by atoms with E-state index in [1.165, 1.54) is 11.3 Å². The molecule has 0 spiro atoms. The van der Waals surface area contributed by atoms with Crippen molar-refractivity contribution in [2.75, 3.05) is 6.61 Å². The highest BCUT2D eigenvalue weighted by Crippen LogP contribution is 2.20. The zero-order valence-electron chi connectivity index (χ0n) is 11.3. The summed E-state index contributed by atoms with van der Waals surface area (Å²) in [5.74, 6) is -0.642. The number of ketones is 1. The van der Waals surface area contributed by atoms with Gasteiger partial charge in [-0.25, -0.2) is 4.79 Å². The lowest BCUT2D eigenvalue weighted by Gasteiger charge is -2.00. The van der Waals surface area contributed by atoms with Crippen LogP contribution in [0.15, 0.2) is 46.9 Å². The molecule has 0 aliphatic rings. The monoisotopic (exact) mass is 300 g/mol. The SMILES string of the molecule is Cc1ccc(C(=O)OCC(=O)c2cc3ccccc3o2)s1. The first kappa shape index (κ1) is 13.6. The summed E-state index contributed by atoms with van der Waals surface area (Å²) in [6, 6.07) is 12.5. The van der Waals surface area contributed by atoms with Crippen LogP contribution >= 0.6 is 11.3 Å². The first-order chi connectivity index (χ1) is 10.1. The fourth-order valence-corrected chi connectivity index (χ4v) is 2.70. The van der Waals surface area contributed by atoms with Crippen LogP contribution in [-0.2, 0) is 4.74 Å². The van der Waals surface area contributed by atoms with Crippen LogP contribution in [-0.4, -0.2) is 18.4 Å². The van der Waals surface area contributed by atoms with Crippen molar-refractivity contribution in [1.29, 1.82) is 0 Å². The Balaban J connectivity index is 1.67. The van der Waals surface area contributed by atoms with Crippen molar-refractivity contribution in [3.05, 3.63) is 58.0 Å². The van der Waals surface area contributed by atoms with Crippen LogP contribution < -0.4 is 0 Å². The predicted molar refractivity (Wildman–Crippen MR) is 79.9 cm³/mol. The Kier molecular flexibility index (Phi) is 3.58. The molecule has 0 saturated carbocycles. The molecule has 2 aromatic heterocycles. The van der Waals surface area contributed by atoms with Crippen LogP contribution in [0.25, 0.3) is 11.0 Å². The Labute approximate surface area is 125 Å². The minimum Gasteiger partial charge on any atom is -0.453 e. The normalized spacial score (nSPS) is 10.7. The van der Waals surface area contributed by atoms with Crippen molar-refractivity contribution >= 4 is 34.1 Å². The number of rotatable bonds is 4. The van der Waals surface area contributed by atoms with Gasteiger partial charge in [0.15, 0.2) is 12.4 Å². The molecule has 21 heavy (non-hydrogen) atoms. The van der Waals surface area contributed by atoms with Crippen LogP contribution in [0.1, 0.15) is 25.1 Å². The maximum Gasteiger partial charge on any atom is 0.348 e. The standard InChI is InChI=1S/C16H12O4S/c1-10-6-7-15(21-10)16(18)19-9-12(17)14-8-11-4-2-3-5-13(11)20-14/h2-8H,9H2,1H3. The molecule has 0 saturated heterocycles. The third-order valence-electron chi connectivity index (χ3n) is 2.98. The number of para-hydroxylation sites is 1. The van der Waals surface area contributed by atoms with Crippen LogP contribution in [0, 0.1) is 6.92 Å². The molecule has 0 bridgehead atoms. The van der Waals surface area contributed by atoms with E-state index in [1.54, 1.807) is 18.2 Å². The van der Waals surface area contributed by atoms with Gasteiger partial charge in [0.2, 0.25) is 5.78 Å². The molecule has 0 radical (unpaired) electrons. The molecule has 0 fully saturated rings. The molecule has 2 heterocycles. The Hall–Kier alpha value is -2.40. The highest BCUT2D eigenvalue weighted by Gasteiger charge is 2.16. The second-order valence-corrected chi connectivity index (χ2v) is 5.85. The van der Waals surface area contributed by atoms with E-state index in [1.807, 2.05) is 31.2 Å². The Morgan fingerprint density at radius 1 is 1.19 bits per heavy atom. The van der Waals surface area contributed by atoms with Crippen LogP contribution in [0.4, 0.5) is 0 Å². The van der Waals surface area contributed by atoms with Gasteiger partial charge >= 0.3 is 5.97 Å². The summed E-state index contributed by atoms with van der Waals surface area (Å²) >= 11 is 1.34. The van der Waals surface area contributed by atoms with Gasteiger partial charge < -0.3 is 9.15 Å². The average molecular weight is 300 g/mol. The van der Waals surface area contributed by atoms with Gasteiger partial charge in [-0.1, -0.05) is 18.2 Å². The second kappa shape index (κ2) is 5.54. The van der Waals surface area contributed by atoms with E-state index in [4.69, 9.17) is 9.15 Å². The van der Waals surface area contributed by atoms with Crippen molar-refractivity contribution in [2.24, 2.45) is 0 Å². The summed E-state index contributed by atoms with van der Waals surface area (Å²) in [4.78, 5) is 25.3. The van der Waals surface area contributed by atoms with Crippen molar-refractivity contribution in [3.8, 4) is 0 Å². The summed E-state index contributed by atoms with van der Waals surface area (Å²) in [5.41, 5.74) is 0.640. The fraction of sp³-hybridized carbons (Fsp3) is 0.125. The summed E-state index contributed by atoms with van der Waals surface area (Å²) in [6.07, 6.45) is 0. The molecule has 0 atom stereocenters. The number of thiophene rings is 1. The number of hydrogen-bond donors (Lipinski definition) is 0. The third-order valence-corrected chi connectivity index (χ3v) is 3.96. The lowest BCUT2D eigenvalue weighted by Crippen LogP contribution is -2.12. The topological polar surface area (TPSA) is 56.5 Å². The quantitative estimate of drug-likeness (QED) is 0.542. The second-order valence-electron chi connectivity index (χ2n) is 4.56. The number of fused-ring (bicyclic) bond motifs is 1. The number of Topliss-reactive ketones (excluding diaryl/α,β-unsaturated/α-hetero) is 1. The molecule has 0 amide bonds. The molecular formula is C16H12O4S. The lowest BCUT2D eigenvalue weighted by atomic mass is 10.2. The van der Waals surface area contributed by atoms with E-state index >= 15 is 0 Å². The van der Waals surface area contributed by atoms with Gasteiger partial charge in [-0.3, -0.25) is 4.79 Å². The molecule has 0 N–H and O–H groups in total. The number of benzene rings is 1. The summed E-state index contributed by atoms with van der Waals surface area (Å²) < 4.78 is 10.4. The van der Waals surface area contributed by atoms with Gasteiger partial charge in [-0.05, 0) is 31.2 Å². The van der Waals surface area contributed by atoms with Crippen LogP contribution in [0.2, 0.25) is 0 Å². The van der Waals surface area contributed by atoms with Crippen molar-refractivity contribution in [1.82, 2.24) is 0 Å². The number of furan rings is 1. The molecule has 106 valence electrons. The zero-order valence-corrected chi connectivity index (χ0v) is 12.1. The number of hydrogen-bond acceptors (Lipinski definition) is 5. The van der Waals surface area contributed by atoms with Crippen molar-refractivity contribution in [2.45, 2.75) is 6.92 Å². The molecule has 1 aromatic carbocycles. The Morgan fingerprint density at radius 2 is 2.00 bits per heavy atom. The van der Waals surface area contributed by atoms with Gasteiger partial charge in [-0.2, -0.15) is 0 Å². The van der Waals surface area contributed by atoms with E-state index in [-0.39, 0.29) is 18.2 Å². The van der Waals surface area contributed by atoms with Gasteiger partial charge in [0.25, 0.3) is 0 Å². The van der Waals surface area contributed by atoms with Crippen LogP contribution in [0.5, 0.6) is 0 Å². The number of carbonyl (C=O) groups excluding carboxylic acids is 2. The van der Waals surface area contributed by atoms with Gasteiger partial charge in [0.1, 0.15) is 10.5 Å². The van der Waals surface area contributed by atoms with Crippen LogP contribution in [0.3, 0.4) is 0 Å². The van der Waals surface area contributed by atoms with E-state index in [2.05, 4.69) is 0 Å². The minimum atomic E-state index is -0.488. The molecule has 3 aromatic rings. The third kappa shape index (κ3) is 2.87. The molecule has 4 nitrogen and oxygen atoms in total. The molecule has 5 heteroatoms. The lowest BCUT2D eigenvalue weighted by molar-refractivity contribution is 0.0473. The van der Waals surface area contributed by atoms with E-state index in [0.717, 1.165) is 10.3 Å². The van der Waals surface area contributed by atoms with E-state index < -0.39 is 5.97 Å². The Bertz CT molecular complexity index is 779. The minimum absolute atomic E-state index is 0.200. The smallest absolute Gasteiger partial charge is 0.348 e. The van der Waals surface area contributed by atoms with E-state index in [0.29, 0.717) is 10.5 Å². The molecule has 0 aliphatic carbocycles. The number of aryl methyl sites for hydroxylation is 1. The van der Waals surface area contributed by atoms with Gasteiger partial charge in [0.05, 0.1) is 0 Å². The Morgan fingerprint density at radius 3 is 2.71 bits per heavy atom. The predicted octanol–water partition coefficient (Wildman–Crippen LogP) is 3.84. The van der Waals surface area contributed by atoms with Gasteiger partial charge in [-0.15, -0.1) is 11.3 Å². The summed E-state index contributed by atoms with van der Waals surface area (Å²) in [5, 5.41) is 0.848. The van der Waals surface area contributed by atoms with E-state index in [9.17, 15) is 9.59 Å². The molecule has 3 rings (SSSR count). The van der Waals surface area contributed by atoms with Crippen molar-refractivity contribution < 1.29 is 18.7 Å². The molecule has 0 aliphatic heterocycles. The average Bonchev–Trinajstić information content (AvgIpc) is 3.10. The number of carbonyl (C=O) groups is 2. The largest absolute Gasteiger partial charge is 0.453 e. The molecular weight excluding hydrogens is 288 g/mol.